The number of nitrogens with one attached hydrogen (secondary N) is 1. The molecule has 0 bridgehead atoms. The van der Waals surface area contributed by atoms with Crippen molar-refractivity contribution in [1.82, 2.24) is 25.2 Å². The van der Waals surface area contributed by atoms with E-state index in [9.17, 15) is 26.4 Å². The lowest BCUT2D eigenvalue weighted by Crippen LogP contribution is -2.28. The molecule has 40 heavy (non-hydrogen) atoms. The van der Waals surface area contributed by atoms with Crippen LogP contribution in [0.3, 0.4) is 0 Å². The first-order chi connectivity index (χ1) is 19.0. The zero-order valence-corrected chi connectivity index (χ0v) is 22.4. The van der Waals surface area contributed by atoms with Crippen molar-refractivity contribution in [2.24, 2.45) is 0 Å². The minimum atomic E-state index is -4.34. The van der Waals surface area contributed by atoms with Crippen molar-refractivity contribution in [3.05, 3.63) is 76.6 Å². The van der Waals surface area contributed by atoms with Crippen molar-refractivity contribution >= 4 is 38.2 Å². The molecule has 9 nitrogen and oxygen atoms in total. The van der Waals surface area contributed by atoms with Crippen LogP contribution in [0.4, 0.5) is 13.2 Å². The molecule has 1 amide bonds. The van der Waals surface area contributed by atoms with Crippen LogP contribution in [0.2, 0.25) is 5.02 Å². The largest absolute Gasteiger partial charge is 0.417 e. The number of ether oxygens (including phenoxy) is 1. The van der Waals surface area contributed by atoms with E-state index in [1.54, 1.807) is 37.5 Å². The predicted octanol–water partition coefficient (Wildman–Crippen LogP) is 4.39. The average Bonchev–Trinajstić information content (AvgIpc) is 2.99. The number of rotatable bonds is 6. The summed E-state index contributed by atoms with van der Waals surface area (Å²) >= 11 is 6.32. The van der Waals surface area contributed by atoms with Crippen LogP contribution in [-0.4, -0.2) is 59.9 Å². The van der Waals surface area contributed by atoms with Crippen LogP contribution in [0.25, 0.3) is 22.3 Å². The number of carbonyl (C=O) groups excluding carboxylic acids is 1. The highest BCUT2D eigenvalue weighted by molar-refractivity contribution is 7.92. The first kappa shape index (κ1) is 27.7. The van der Waals surface area contributed by atoms with Gasteiger partial charge in [0.1, 0.15) is 0 Å². The third kappa shape index (κ3) is 5.71. The highest BCUT2D eigenvalue weighted by atomic mass is 35.5. The Morgan fingerprint density at radius 1 is 1.18 bits per heavy atom. The summed E-state index contributed by atoms with van der Waals surface area (Å²) in [5, 5.41) is 3.40. The van der Waals surface area contributed by atoms with Crippen molar-refractivity contribution in [3.63, 3.8) is 0 Å². The first-order valence-corrected chi connectivity index (χ1v) is 13.8. The van der Waals surface area contributed by atoms with E-state index in [4.69, 9.17) is 11.6 Å². The normalized spacial score (nSPS) is 16.9. The molecule has 1 aliphatic heterocycles. The van der Waals surface area contributed by atoms with Crippen molar-refractivity contribution in [1.29, 1.82) is 0 Å². The number of nitrogens with zero attached hydrogens (tertiary/aromatic N) is 4. The molecule has 0 fully saturated rings. The fourth-order valence-corrected chi connectivity index (χ4v) is 6.12. The maximum atomic E-state index is 14.5. The Labute approximate surface area is 231 Å². The molecule has 3 aromatic heterocycles. The number of benzene rings is 1. The lowest BCUT2D eigenvalue weighted by Gasteiger charge is -2.14. The Hall–Kier alpha value is -3.81. The summed E-state index contributed by atoms with van der Waals surface area (Å²) in [7, 11) is -2.76. The summed E-state index contributed by atoms with van der Waals surface area (Å²) in [6.45, 7) is -3.25. The number of halogens is 4. The van der Waals surface area contributed by atoms with Gasteiger partial charge < -0.3 is 10.1 Å². The van der Waals surface area contributed by atoms with Crippen molar-refractivity contribution in [2.75, 3.05) is 13.6 Å². The molecule has 4 heterocycles. The van der Waals surface area contributed by atoms with Crippen LogP contribution < -0.4 is 10.1 Å². The summed E-state index contributed by atoms with van der Waals surface area (Å²) in [5.74, 6) is -0.871. The Morgan fingerprint density at radius 2 is 1.95 bits per heavy atom. The molecule has 0 aliphatic carbocycles. The van der Waals surface area contributed by atoms with E-state index in [2.05, 4.69) is 25.0 Å². The highest BCUT2D eigenvalue weighted by Gasteiger charge is 2.35. The molecule has 1 atom stereocenters. The molecule has 0 spiro atoms. The van der Waals surface area contributed by atoms with Gasteiger partial charge in [0, 0.05) is 46.9 Å². The van der Waals surface area contributed by atoms with Gasteiger partial charge in [-0.15, -0.1) is 0 Å². The number of aromatic nitrogens is 3. The number of amides is 1. The van der Waals surface area contributed by atoms with Gasteiger partial charge in [-0.05, 0) is 43.4 Å². The molecule has 0 radical (unpaired) electrons. The van der Waals surface area contributed by atoms with E-state index in [0.717, 1.165) is 6.07 Å². The number of fused-ring (bicyclic) bond motifs is 2. The Morgan fingerprint density at radius 3 is 2.73 bits per heavy atom. The third-order valence-electron chi connectivity index (χ3n) is 6.20. The van der Waals surface area contributed by atoms with Crippen LogP contribution in [0.1, 0.15) is 21.6 Å². The molecule has 0 unspecified atom stereocenters. The molecule has 1 aliphatic rings. The molecular formula is C26H21ClF3N5O4S. The maximum absolute atomic E-state index is 14.5. The molecule has 1 N–H and O–H groups in total. The number of hydrogen-bond acceptors (Lipinski definition) is 8. The summed E-state index contributed by atoms with van der Waals surface area (Å²) in [6.07, 6.45) is 1.56. The lowest BCUT2D eigenvalue weighted by molar-refractivity contribution is -0.0527. The smallest absolute Gasteiger partial charge is 0.388 e. The van der Waals surface area contributed by atoms with Gasteiger partial charge in [0.25, 0.3) is 5.91 Å². The zero-order valence-electron chi connectivity index (χ0n) is 20.8. The van der Waals surface area contributed by atoms with Gasteiger partial charge >= 0.3 is 6.61 Å². The van der Waals surface area contributed by atoms with E-state index >= 15 is 0 Å². The summed E-state index contributed by atoms with van der Waals surface area (Å²) < 4.78 is 69.4. The Kier molecular flexibility index (Phi) is 7.62. The number of pyridine rings is 3. The summed E-state index contributed by atoms with van der Waals surface area (Å²) in [4.78, 5) is 27.0. The van der Waals surface area contributed by atoms with Gasteiger partial charge in [0.2, 0.25) is 21.2 Å². The Bertz CT molecular complexity index is 1720. The number of sulfone groups is 1. The standard InChI is InChI=1S/C26H21ClF3N5O4S/c1-35-12-17-18(27)7-15(8-22(17)40(37,38)23(28)13-35)25(36)32-11-16-9-21-14(10-31-16)5-6-20(33-21)19-3-2-4-24(34-19)39-26(29)30/h2-10,23,26H,11-13H2,1H3,(H,32,36)/t23-/m0/s1. The molecule has 1 aromatic carbocycles. The van der Waals surface area contributed by atoms with Crippen LogP contribution >= 0.6 is 11.6 Å². The van der Waals surface area contributed by atoms with Gasteiger partial charge in [-0.1, -0.05) is 17.7 Å². The monoisotopic (exact) mass is 591 g/mol. The van der Waals surface area contributed by atoms with E-state index in [1.165, 1.54) is 23.1 Å². The van der Waals surface area contributed by atoms with Gasteiger partial charge in [-0.3, -0.25) is 14.7 Å². The average molecular weight is 592 g/mol. The van der Waals surface area contributed by atoms with Gasteiger partial charge in [0.15, 0.2) is 0 Å². The first-order valence-electron chi connectivity index (χ1n) is 11.9. The van der Waals surface area contributed by atoms with Crippen LogP contribution in [0.15, 0.2) is 59.6 Å². The second kappa shape index (κ2) is 11.0. The minimum absolute atomic E-state index is 0.0351. The predicted molar refractivity (Wildman–Crippen MR) is 140 cm³/mol. The molecule has 5 rings (SSSR count). The van der Waals surface area contributed by atoms with E-state index < -0.39 is 27.9 Å². The molecule has 14 heteroatoms. The fourth-order valence-electron chi connectivity index (χ4n) is 4.25. The Balaban J connectivity index is 1.37. The molecule has 208 valence electrons. The number of carbonyl (C=O) groups is 1. The molecular weight excluding hydrogens is 571 g/mol. The quantitative estimate of drug-likeness (QED) is 0.351. The lowest BCUT2D eigenvalue weighted by atomic mass is 10.1. The van der Waals surface area contributed by atoms with Crippen LogP contribution in [0.5, 0.6) is 5.88 Å². The van der Waals surface area contributed by atoms with Crippen molar-refractivity contribution < 1.29 is 31.1 Å². The molecule has 0 saturated heterocycles. The van der Waals surface area contributed by atoms with Crippen molar-refractivity contribution in [3.8, 4) is 17.3 Å². The SMILES string of the molecule is CN1Cc2c(Cl)cc(C(=O)NCc3cc4nc(-c5cccc(OC(F)F)n5)ccc4cn3)cc2S(=O)(=O)[C@H](F)C1. The summed E-state index contributed by atoms with van der Waals surface area (Å²) in [6, 6.07) is 11.9. The maximum Gasteiger partial charge on any atom is 0.388 e. The highest BCUT2D eigenvalue weighted by Crippen LogP contribution is 2.33. The van der Waals surface area contributed by atoms with E-state index in [-0.39, 0.29) is 46.6 Å². The van der Waals surface area contributed by atoms with Crippen LogP contribution in [-0.2, 0) is 22.9 Å². The fraction of sp³-hybridized carbons (Fsp3) is 0.231. The minimum Gasteiger partial charge on any atom is -0.417 e. The number of alkyl halides is 3. The van der Waals surface area contributed by atoms with Gasteiger partial charge in [-0.2, -0.15) is 8.78 Å². The molecule has 0 saturated carbocycles. The second-order valence-corrected chi connectivity index (χ2v) is 11.5. The number of hydrogen-bond donors (Lipinski definition) is 1. The van der Waals surface area contributed by atoms with Gasteiger partial charge in [-0.25, -0.2) is 22.8 Å². The van der Waals surface area contributed by atoms with Crippen molar-refractivity contribution in [2.45, 2.75) is 30.1 Å². The van der Waals surface area contributed by atoms with E-state index in [0.29, 0.717) is 28.0 Å². The van der Waals surface area contributed by atoms with E-state index in [1.807, 2.05) is 0 Å². The third-order valence-corrected chi connectivity index (χ3v) is 8.34. The molecule has 4 aromatic rings. The summed E-state index contributed by atoms with van der Waals surface area (Å²) in [5.41, 5.74) is -0.276. The topological polar surface area (TPSA) is 114 Å². The van der Waals surface area contributed by atoms with Crippen LogP contribution in [0, 0.1) is 0 Å². The second-order valence-electron chi connectivity index (χ2n) is 9.07. The van der Waals surface area contributed by atoms with Gasteiger partial charge in [0.05, 0.1) is 34.0 Å². The zero-order chi connectivity index (χ0) is 28.6.